The number of nitrogens with zero attached hydrogens (tertiary/aromatic N) is 1. The van der Waals surface area contributed by atoms with Gasteiger partial charge in [-0.1, -0.05) is 19.1 Å². The van der Waals surface area contributed by atoms with Crippen molar-refractivity contribution in [2.75, 3.05) is 25.5 Å². The lowest BCUT2D eigenvalue weighted by Gasteiger charge is -2.17. The van der Waals surface area contributed by atoms with Crippen LogP contribution in [0, 0.1) is 0 Å². The molecule has 0 fully saturated rings. The molecule has 0 spiro atoms. The highest BCUT2D eigenvalue weighted by Gasteiger charge is 2.14. The van der Waals surface area contributed by atoms with Crippen LogP contribution in [0.25, 0.3) is 0 Å². The fourth-order valence-corrected chi connectivity index (χ4v) is 2.64. The molecule has 0 aliphatic rings. The number of carbonyl (C=O) groups is 3. The first-order valence-corrected chi connectivity index (χ1v) is 9.24. The van der Waals surface area contributed by atoms with E-state index >= 15 is 0 Å². The molecule has 0 aromatic heterocycles. The second-order valence-corrected chi connectivity index (χ2v) is 6.72. The summed E-state index contributed by atoms with van der Waals surface area (Å²) in [7, 11) is 1.54. The Hall–Kier alpha value is -2.67. The minimum absolute atomic E-state index is 0.0495. The molecule has 2 rings (SSSR count). The van der Waals surface area contributed by atoms with E-state index in [0.29, 0.717) is 23.4 Å². The second kappa shape index (κ2) is 9.87. The van der Waals surface area contributed by atoms with E-state index in [4.69, 9.17) is 4.74 Å². The molecule has 0 bridgehead atoms. The van der Waals surface area contributed by atoms with E-state index in [2.05, 4.69) is 21.2 Å². The monoisotopic (exact) mass is 432 g/mol. The van der Waals surface area contributed by atoms with Gasteiger partial charge in [0.2, 0.25) is 5.91 Å². The van der Waals surface area contributed by atoms with Crippen LogP contribution in [-0.2, 0) is 9.59 Å². The number of rotatable bonds is 8. The Labute approximate surface area is 166 Å². The van der Waals surface area contributed by atoms with Crippen LogP contribution in [0.4, 0.5) is 5.69 Å². The zero-order valence-corrected chi connectivity index (χ0v) is 16.8. The summed E-state index contributed by atoms with van der Waals surface area (Å²) in [6.07, 6.45) is 0.436. The van der Waals surface area contributed by atoms with Crippen LogP contribution in [0.1, 0.15) is 23.7 Å². The van der Waals surface area contributed by atoms with Crippen molar-refractivity contribution in [3.63, 3.8) is 0 Å². The number of likely N-dealkylation sites (N-methyl/N-ethyl adjacent to an activating group) is 1. The highest BCUT2D eigenvalue weighted by atomic mass is 79.9. The third-order valence-electron chi connectivity index (χ3n) is 3.81. The van der Waals surface area contributed by atoms with Crippen molar-refractivity contribution in [2.45, 2.75) is 13.3 Å². The van der Waals surface area contributed by atoms with Gasteiger partial charge in [0, 0.05) is 23.5 Å². The topological polar surface area (TPSA) is 75.7 Å². The molecule has 0 saturated heterocycles. The quantitative estimate of drug-likeness (QED) is 0.647. The maximum absolute atomic E-state index is 12.2. The number of Topliss-reactive ketones (excluding diaryl/α,β-unsaturated/α-hetero) is 1. The molecular weight excluding hydrogens is 412 g/mol. The number of carbonyl (C=O) groups excluding carboxylic acids is 3. The van der Waals surface area contributed by atoms with Crippen molar-refractivity contribution in [1.82, 2.24) is 4.90 Å². The standard InChI is InChI=1S/C20H21BrN2O4/c1-3-18(24)14-8-10-15(11-9-14)27-13-20(26)23(2)12-19(25)22-17-7-5-4-6-16(17)21/h4-11H,3,12-13H2,1-2H3,(H,22,25). The molecule has 7 heteroatoms. The van der Waals surface area contributed by atoms with Crippen LogP contribution >= 0.6 is 15.9 Å². The van der Waals surface area contributed by atoms with Crippen molar-refractivity contribution in [3.05, 3.63) is 58.6 Å². The number of benzene rings is 2. The summed E-state index contributed by atoms with van der Waals surface area (Å²) in [5, 5.41) is 2.74. The molecule has 0 aliphatic heterocycles. The molecule has 0 atom stereocenters. The lowest BCUT2D eigenvalue weighted by Crippen LogP contribution is -2.37. The highest BCUT2D eigenvalue weighted by Crippen LogP contribution is 2.21. The SMILES string of the molecule is CCC(=O)c1ccc(OCC(=O)N(C)CC(=O)Nc2ccccc2Br)cc1. The molecule has 6 nitrogen and oxygen atoms in total. The predicted octanol–water partition coefficient (Wildman–Crippen LogP) is 3.52. The molecule has 142 valence electrons. The normalized spacial score (nSPS) is 10.2. The van der Waals surface area contributed by atoms with Gasteiger partial charge in [-0.25, -0.2) is 0 Å². The summed E-state index contributed by atoms with van der Waals surface area (Å²) in [5.41, 5.74) is 1.25. The number of ether oxygens (including phenoxy) is 1. The van der Waals surface area contributed by atoms with Crippen molar-refractivity contribution in [3.8, 4) is 5.75 Å². The molecule has 0 saturated carbocycles. The van der Waals surface area contributed by atoms with Gasteiger partial charge in [0.25, 0.3) is 5.91 Å². The largest absolute Gasteiger partial charge is 0.484 e. The first kappa shape index (κ1) is 20.6. The maximum Gasteiger partial charge on any atom is 0.260 e. The smallest absolute Gasteiger partial charge is 0.260 e. The van der Waals surface area contributed by atoms with Gasteiger partial charge in [-0.3, -0.25) is 14.4 Å². The minimum Gasteiger partial charge on any atom is -0.484 e. The first-order chi connectivity index (χ1) is 12.9. The van der Waals surface area contributed by atoms with Gasteiger partial charge in [-0.2, -0.15) is 0 Å². The van der Waals surface area contributed by atoms with Crippen molar-refractivity contribution >= 4 is 39.2 Å². The Morgan fingerprint density at radius 3 is 2.37 bits per heavy atom. The average molecular weight is 433 g/mol. The van der Waals surface area contributed by atoms with Gasteiger partial charge in [0.1, 0.15) is 5.75 Å². The average Bonchev–Trinajstić information content (AvgIpc) is 2.67. The number of amides is 2. The molecule has 1 N–H and O–H groups in total. The molecular formula is C20H21BrN2O4. The molecule has 2 aromatic carbocycles. The number of hydrogen-bond donors (Lipinski definition) is 1. The molecule has 2 aromatic rings. The first-order valence-electron chi connectivity index (χ1n) is 8.45. The Balaban J connectivity index is 1.82. The Bertz CT molecular complexity index is 821. The third-order valence-corrected chi connectivity index (χ3v) is 4.51. The van der Waals surface area contributed by atoms with E-state index < -0.39 is 0 Å². The number of halogens is 1. The Morgan fingerprint density at radius 2 is 1.74 bits per heavy atom. The van der Waals surface area contributed by atoms with E-state index in [1.807, 2.05) is 18.2 Å². The lowest BCUT2D eigenvalue weighted by atomic mass is 10.1. The summed E-state index contributed by atoms with van der Waals surface area (Å²) < 4.78 is 6.20. The van der Waals surface area contributed by atoms with Gasteiger partial charge >= 0.3 is 0 Å². The third kappa shape index (κ3) is 6.21. The Kier molecular flexibility index (Phi) is 7.55. The van der Waals surface area contributed by atoms with Gasteiger partial charge in [0.15, 0.2) is 12.4 Å². The highest BCUT2D eigenvalue weighted by molar-refractivity contribution is 9.10. The van der Waals surface area contributed by atoms with E-state index in [9.17, 15) is 14.4 Å². The summed E-state index contributed by atoms with van der Waals surface area (Å²) in [5.74, 6) is -0.0957. The fraction of sp³-hybridized carbons (Fsp3) is 0.250. The van der Waals surface area contributed by atoms with Crippen LogP contribution in [0.3, 0.4) is 0 Å². The zero-order valence-electron chi connectivity index (χ0n) is 15.2. The van der Waals surface area contributed by atoms with Gasteiger partial charge < -0.3 is 15.0 Å². The number of ketones is 1. The molecule has 2 amide bonds. The molecule has 27 heavy (non-hydrogen) atoms. The van der Waals surface area contributed by atoms with Gasteiger partial charge in [0.05, 0.1) is 12.2 Å². The summed E-state index contributed by atoms with van der Waals surface area (Å²) in [6, 6.07) is 13.9. The summed E-state index contributed by atoms with van der Waals surface area (Å²) in [6.45, 7) is 1.52. The van der Waals surface area contributed by atoms with Crippen LogP contribution in [0.2, 0.25) is 0 Å². The van der Waals surface area contributed by atoms with E-state index in [1.54, 1.807) is 37.3 Å². The van der Waals surface area contributed by atoms with Crippen LogP contribution in [-0.4, -0.2) is 42.7 Å². The molecule has 0 unspecified atom stereocenters. The van der Waals surface area contributed by atoms with Gasteiger partial charge in [-0.05, 0) is 52.3 Å². The van der Waals surface area contributed by atoms with Crippen molar-refractivity contribution in [2.24, 2.45) is 0 Å². The number of para-hydroxylation sites is 1. The minimum atomic E-state index is -0.328. The summed E-state index contributed by atoms with van der Waals surface area (Å²) in [4.78, 5) is 37.1. The second-order valence-electron chi connectivity index (χ2n) is 5.87. The fourth-order valence-electron chi connectivity index (χ4n) is 2.25. The maximum atomic E-state index is 12.2. The lowest BCUT2D eigenvalue weighted by molar-refractivity contribution is -0.135. The number of hydrogen-bond acceptors (Lipinski definition) is 4. The van der Waals surface area contributed by atoms with E-state index in [0.717, 1.165) is 4.47 Å². The van der Waals surface area contributed by atoms with E-state index in [1.165, 1.54) is 11.9 Å². The molecule has 0 aliphatic carbocycles. The van der Waals surface area contributed by atoms with Crippen LogP contribution in [0.5, 0.6) is 5.75 Å². The van der Waals surface area contributed by atoms with Crippen molar-refractivity contribution in [1.29, 1.82) is 0 Å². The van der Waals surface area contributed by atoms with Crippen LogP contribution < -0.4 is 10.1 Å². The number of nitrogens with one attached hydrogen (secondary N) is 1. The molecule has 0 radical (unpaired) electrons. The van der Waals surface area contributed by atoms with Crippen LogP contribution in [0.15, 0.2) is 53.0 Å². The van der Waals surface area contributed by atoms with Gasteiger partial charge in [-0.15, -0.1) is 0 Å². The predicted molar refractivity (Wildman–Crippen MR) is 107 cm³/mol. The number of anilines is 1. The van der Waals surface area contributed by atoms with E-state index in [-0.39, 0.29) is 30.7 Å². The van der Waals surface area contributed by atoms with Crippen molar-refractivity contribution < 1.29 is 19.1 Å². The zero-order chi connectivity index (χ0) is 19.8. The Morgan fingerprint density at radius 1 is 1.07 bits per heavy atom. The molecule has 0 heterocycles. The summed E-state index contributed by atoms with van der Waals surface area (Å²) >= 11 is 3.35.